The molecule has 10 aromatic rings. The quantitative estimate of drug-likeness (QED) is 0.153. The Labute approximate surface area is 724 Å². The molecule has 6 aliphatic rings. The number of pyridine rings is 5. The van der Waals surface area contributed by atoms with Gasteiger partial charge in [-0.3, -0.25) is 4.98 Å². The Bertz CT molecular complexity index is 4520. The average Bonchev–Trinajstić information content (AvgIpc) is 1.65. The number of hydrogen-bond donors (Lipinski definition) is 2. The zero-order valence-electron chi connectivity index (χ0n) is 66.3. The van der Waals surface area contributed by atoms with E-state index in [0.717, 1.165) is 133 Å². The molecule has 0 radical (unpaired) electrons. The van der Waals surface area contributed by atoms with Crippen LogP contribution in [0.2, 0.25) is 0 Å². The number of nitriles is 2. The van der Waals surface area contributed by atoms with Crippen LogP contribution in [0.3, 0.4) is 0 Å². The van der Waals surface area contributed by atoms with Crippen molar-refractivity contribution in [3.8, 4) is 12.1 Å². The van der Waals surface area contributed by atoms with Crippen molar-refractivity contribution >= 4 is 46.6 Å². The number of likely N-dealkylation sites (N-methyl/N-ethyl adjacent to an activating group) is 5. The van der Waals surface area contributed by atoms with Crippen molar-refractivity contribution in [2.24, 2.45) is 0 Å². The van der Waals surface area contributed by atoms with E-state index in [1.54, 1.807) is 49.1 Å². The number of aromatic carboxylic acids is 1. The van der Waals surface area contributed by atoms with E-state index in [0.29, 0.717) is 29.0 Å². The molecule has 2 N–H and O–H groups in total. The SMILES string of the molecule is C=C.CN1CCN(c2ncccc2C#N)C(c2ccccc2)C1.CN1CCN(c2ncccc2C(=O)[O-])C(c2ccccc2)C1.CN1CCN(c2ncccc2CO)C(c2ccccc2)C1.CN1CCN2c3ncccc3Cc3ccccc3C2C1.CN1CCNC(c2ccccc2)C1.Cc1ncccc1C#N.[AlH3].[H-].[K+].[Li+]. The van der Waals surface area contributed by atoms with E-state index in [9.17, 15) is 20.3 Å². The minimum atomic E-state index is -1.19. The normalized spacial score (nSPS) is 18.7. The molecule has 0 amide bonds. The molecule has 566 valence electrons. The summed E-state index contributed by atoms with van der Waals surface area (Å²) in [5, 5.41) is 42.2. The number of anilines is 4. The van der Waals surface area contributed by atoms with E-state index in [1.165, 1.54) is 39.2 Å². The summed E-state index contributed by atoms with van der Waals surface area (Å²) in [7, 11) is 10.8. The Hall–Kier alpha value is -8.27. The number of carboxylic acids is 1. The minimum absolute atomic E-state index is 0. The van der Waals surface area contributed by atoms with Crippen LogP contribution >= 0.6 is 0 Å². The van der Waals surface area contributed by atoms with Crippen LogP contribution in [-0.2, 0) is 13.0 Å². The van der Waals surface area contributed by atoms with Crippen LogP contribution in [0, 0.1) is 29.6 Å². The van der Waals surface area contributed by atoms with E-state index in [1.807, 2.05) is 73.8 Å². The van der Waals surface area contributed by atoms with Gasteiger partial charge < -0.3 is 65.9 Å². The van der Waals surface area contributed by atoms with Gasteiger partial charge in [0.2, 0.25) is 0 Å². The molecule has 23 heteroatoms. The van der Waals surface area contributed by atoms with Crippen molar-refractivity contribution in [1.82, 2.24) is 54.7 Å². The second-order valence-corrected chi connectivity index (χ2v) is 27.7. The summed E-state index contributed by atoms with van der Waals surface area (Å²) >= 11 is 0. The predicted octanol–water partition coefficient (Wildman–Crippen LogP) is 4.19. The number of hydrogen-bond acceptors (Lipinski definition) is 20. The maximum Gasteiger partial charge on any atom is 1.00 e. The van der Waals surface area contributed by atoms with Crippen LogP contribution in [0.25, 0.3) is 0 Å². The largest absolute Gasteiger partial charge is 1.00 e. The number of aryl methyl sites for hydroxylation is 1. The van der Waals surface area contributed by atoms with Gasteiger partial charge in [0, 0.05) is 153 Å². The molecule has 0 saturated carbocycles. The first-order valence-corrected chi connectivity index (χ1v) is 37.1. The molecule has 5 atom stereocenters. The first-order chi connectivity index (χ1) is 52.8. The number of rotatable bonds is 9. The van der Waals surface area contributed by atoms with Gasteiger partial charge in [0.1, 0.15) is 35.4 Å². The molecule has 5 aromatic heterocycles. The minimum Gasteiger partial charge on any atom is -1.00 e. The molecule has 5 fully saturated rings. The number of nitrogens with one attached hydrogen (secondary N) is 1. The monoisotopic (exact) mass is 1520 g/mol. The molecule has 11 heterocycles. The molecule has 111 heavy (non-hydrogen) atoms. The van der Waals surface area contributed by atoms with E-state index in [4.69, 9.17) is 5.26 Å². The third kappa shape index (κ3) is 24.9. The Morgan fingerprint density at radius 1 is 0.459 bits per heavy atom. The summed E-state index contributed by atoms with van der Waals surface area (Å²) in [6.45, 7) is 22.5. The van der Waals surface area contributed by atoms with Gasteiger partial charge in [0.05, 0.1) is 53.6 Å². The van der Waals surface area contributed by atoms with E-state index < -0.39 is 5.97 Å². The van der Waals surface area contributed by atoms with Crippen LogP contribution in [0.5, 0.6) is 0 Å². The van der Waals surface area contributed by atoms with Crippen molar-refractivity contribution in [2.45, 2.75) is 50.2 Å². The van der Waals surface area contributed by atoms with E-state index in [-0.39, 0.29) is 119 Å². The second kappa shape index (κ2) is 46.7. The van der Waals surface area contributed by atoms with Gasteiger partial charge in [-0.25, -0.2) is 19.9 Å². The molecule has 6 aliphatic heterocycles. The Morgan fingerprint density at radius 3 is 1.32 bits per heavy atom. The van der Waals surface area contributed by atoms with E-state index >= 15 is 0 Å². The fourth-order valence-electron chi connectivity index (χ4n) is 14.6. The molecule has 0 aliphatic carbocycles. The number of aliphatic hydroxyl groups excluding tert-OH is 1. The van der Waals surface area contributed by atoms with Crippen LogP contribution < -0.4 is 100 Å². The summed E-state index contributed by atoms with van der Waals surface area (Å²) in [6.07, 6.45) is 9.78. The van der Waals surface area contributed by atoms with Crippen molar-refractivity contribution in [3.63, 3.8) is 0 Å². The Kier molecular flexibility index (Phi) is 37.8. The summed E-state index contributed by atoms with van der Waals surface area (Å²) in [5.41, 5.74) is 12.5. The summed E-state index contributed by atoms with van der Waals surface area (Å²) in [6, 6.07) is 74.9. The molecule has 0 spiro atoms. The Balaban J connectivity index is 0.000000211. The molecule has 5 saturated heterocycles. The van der Waals surface area contributed by atoms with E-state index in [2.05, 4.69) is 256 Å². The molecule has 5 unspecified atom stereocenters. The van der Waals surface area contributed by atoms with Gasteiger partial charge in [-0.1, -0.05) is 158 Å². The number of benzene rings is 5. The first-order valence-electron chi connectivity index (χ1n) is 37.1. The van der Waals surface area contributed by atoms with Gasteiger partial charge in [-0.15, -0.1) is 13.2 Å². The molecular formula is C88H106AlKLiN17O3. The van der Waals surface area contributed by atoms with Crippen LogP contribution in [0.4, 0.5) is 23.3 Å². The number of nitrogens with zero attached hydrogens (tertiary/aromatic N) is 16. The number of aromatic nitrogens is 5. The van der Waals surface area contributed by atoms with Crippen molar-refractivity contribution in [3.05, 3.63) is 317 Å². The third-order valence-electron chi connectivity index (χ3n) is 20.3. The van der Waals surface area contributed by atoms with Gasteiger partial charge in [0.15, 0.2) is 17.4 Å². The van der Waals surface area contributed by atoms with Crippen molar-refractivity contribution < 1.29 is 86.7 Å². The summed E-state index contributed by atoms with van der Waals surface area (Å²) < 4.78 is 0. The number of carbonyl (C=O) groups is 1. The number of piperazine rings is 5. The zero-order chi connectivity index (χ0) is 76.2. The number of carbonyl (C=O) groups excluding carboxylic acids is 1. The summed E-state index contributed by atoms with van der Waals surface area (Å²) in [4.78, 5) is 54.1. The van der Waals surface area contributed by atoms with Crippen LogP contribution in [0.1, 0.15) is 103 Å². The maximum atomic E-state index is 11.4. The number of aliphatic hydroxyl groups is 1. The smallest absolute Gasteiger partial charge is 1.00 e. The van der Waals surface area contributed by atoms with Crippen LogP contribution in [-0.4, -0.2) is 211 Å². The van der Waals surface area contributed by atoms with Crippen molar-refractivity contribution in [2.75, 3.05) is 153 Å². The molecule has 20 nitrogen and oxygen atoms in total. The topological polar surface area (TPSA) is 214 Å². The molecule has 5 aromatic carbocycles. The summed E-state index contributed by atoms with van der Waals surface area (Å²) in [5.74, 6) is 2.18. The standard InChI is InChI=1S/C17H18N4.C17H19N3O2.C17H21N3O.C17H19N3.C11H16N2.C7H6N2.C2H4.Al.K.Li.4H/c1-20-10-11-21(17-15(12-18)8-5-9-19-17)16(13-20)14-6-3-2-4-7-14;1-19-10-11-20(15(12-19)13-6-3-2-4-7-13)16-14(17(21)22)8-5-9-18-16;1-19-10-11-20(17-15(13-21)8-5-9-18-17)16(12-19)14-6-3-2-4-7-14;1-19-9-10-20-16(12-19)15-7-3-2-5-13(15)11-14-6-4-8-18-17(14)20;1-13-8-7-12-11(9-13)10-5-3-2-4-6-10;1-6-7(5-8)3-2-4-9-6;1-2;;;;;;;/h2-9,16H,10-11,13H2,1H3;2-9,15H,10-12H2,1H3,(H,21,22);2-9,16,21H,10-13H2,1H3;2-8,16H,9-12H2,1H3;2-6,11-12H,7-9H2,1H3;2-4H,1H3;1-2H2;;;;;;;/q;;;;;;;;2*+1;;;;-1/p-1. The van der Waals surface area contributed by atoms with Gasteiger partial charge in [0.25, 0.3) is 0 Å². The average molecular weight is 1520 g/mol. The van der Waals surface area contributed by atoms with Gasteiger partial charge in [-0.2, -0.15) is 10.5 Å². The number of fused-ring (bicyclic) bond motifs is 5. The Morgan fingerprint density at radius 2 is 0.838 bits per heavy atom. The van der Waals surface area contributed by atoms with Gasteiger partial charge in [-0.05, 0) is 130 Å². The first kappa shape index (κ1) is 89.9. The third-order valence-corrected chi connectivity index (χ3v) is 20.3. The molecule has 16 rings (SSSR count). The molecule has 0 bridgehead atoms. The zero-order valence-corrected chi connectivity index (χ0v) is 68.4. The van der Waals surface area contributed by atoms with Crippen LogP contribution in [0.15, 0.2) is 250 Å². The predicted molar refractivity (Wildman–Crippen MR) is 442 cm³/mol. The van der Waals surface area contributed by atoms with Gasteiger partial charge >= 0.3 is 70.2 Å². The molecular weight excluding hydrogens is 1420 g/mol. The van der Waals surface area contributed by atoms with Crippen molar-refractivity contribution in [1.29, 1.82) is 10.5 Å². The fraction of sp³-hybridized carbons (Fsp3) is 0.318. The maximum absolute atomic E-state index is 11.4. The second-order valence-electron chi connectivity index (χ2n) is 27.7. The fourth-order valence-corrected chi connectivity index (χ4v) is 14.6. The number of carboxylic acid groups (broad SMARTS) is 1.